The Morgan fingerprint density at radius 2 is 1.57 bits per heavy atom. The summed E-state index contributed by atoms with van der Waals surface area (Å²) in [7, 11) is -1.96. The molecule has 0 saturated heterocycles. The Morgan fingerprint density at radius 3 is 2.14 bits per heavy atom. The smallest absolute Gasteiger partial charge is 0.240 e. The number of nitrogens with one attached hydrogen (secondary N) is 2. The predicted molar refractivity (Wildman–Crippen MR) is 85.8 cm³/mol. The molecule has 0 saturated carbocycles. The molecule has 0 aliphatic heterocycles. The van der Waals surface area contributed by atoms with E-state index in [0.29, 0.717) is 0 Å². The van der Waals surface area contributed by atoms with E-state index in [4.69, 9.17) is 0 Å². The normalized spacial score (nSPS) is 11.3. The van der Waals surface area contributed by atoms with Crippen LogP contribution in [0.25, 0.3) is 0 Å². The third-order valence-electron chi connectivity index (χ3n) is 3.42. The number of hydrogen-bond acceptors (Lipinski definition) is 3. The fourth-order valence-corrected chi connectivity index (χ4v) is 2.87. The molecule has 2 aromatic rings. The average molecular weight is 304 g/mol. The van der Waals surface area contributed by atoms with Crippen LogP contribution >= 0.6 is 0 Å². The molecule has 0 bridgehead atoms. The number of rotatable bonds is 6. The van der Waals surface area contributed by atoms with Crippen LogP contribution in [0.15, 0.2) is 53.4 Å². The molecule has 112 valence electrons. The molecule has 0 atom stereocenters. The predicted octanol–water partition coefficient (Wildman–Crippen LogP) is 2.77. The molecule has 0 heterocycles. The Hall–Kier alpha value is -1.85. The molecule has 0 amide bonds. The minimum absolute atomic E-state index is 0.268. The number of hydrogen-bond donors (Lipinski definition) is 2. The van der Waals surface area contributed by atoms with Crippen molar-refractivity contribution in [2.45, 2.75) is 24.8 Å². The molecule has 5 heteroatoms. The van der Waals surface area contributed by atoms with Gasteiger partial charge in [-0.15, -0.1) is 0 Å². The van der Waals surface area contributed by atoms with E-state index in [-0.39, 0.29) is 4.90 Å². The third kappa shape index (κ3) is 3.83. The van der Waals surface area contributed by atoms with Gasteiger partial charge in [0.15, 0.2) is 0 Å². The molecular formula is C16H20N2O2S. The maximum atomic E-state index is 11.6. The largest absolute Gasteiger partial charge is 0.381 e. The molecule has 0 unspecified atom stereocenters. The lowest BCUT2D eigenvalue weighted by molar-refractivity contribution is 0.588. The summed E-state index contributed by atoms with van der Waals surface area (Å²) in [5.41, 5.74) is 3.47. The van der Waals surface area contributed by atoms with E-state index < -0.39 is 10.0 Å². The maximum absolute atomic E-state index is 11.6. The van der Waals surface area contributed by atoms with Crippen LogP contribution in [0.5, 0.6) is 0 Å². The van der Waals surface area contributed by atoms with E-state index in [1.54, 1.807) is 24.3 Å². The van der Waals surface area contributed by atoms with Gasteiger partial charge in [0.05, 0.1) is 4.90 Å². The van der Waals surface area contributed by atoms with Gasteiger partial charge in [-0.25, -0.2) is 13.1 Å². The van der Waals surface area contributed by atoms with Crippen LogP contribution in [0.4, 0.5) is 5.69 Å². The van der Waals surface area contributed by atoms with Gasteiger partial charge in [-0.2, -0.15) is 0 Å². The molecule has 2 aromatic carbocycles. The minimum Gasteiger partial charge on any atom is -0.381 e. The Kier molecular flexibility index (Phi) is 4.98. The molecule has 0 spiro atoms. The number of aryl methyl sites for hydroxylation is 1. The van der Waals surface area contributed by atoms with Gasteiger partial charge in [0.25, 0.3) is 0 Å². The molecule has 0 aliphatic rings. The standard InChI is InChI=1S/C16H20N2O2S/c1-3-13-6-4-5-7-14(13)12-18-15-8-10-16(11-9-15)21(19,20)17-2/h4-11,17-18H,3,12H2,1-2H3. The van der Waals surface area contributed by atoms with E-state index in [1.165, 1.54) is 18.2 Å². The zero-order valence-corrected chi connectivity index (χ0v) is 13.1. The first-order valence-corrected chi connectivity index (χ1v) is 8.39. The van der Waals surface area contributed by atoms with Gasteiger partial charge in [-0.05, 0) is 48.9 Å². The van der Waals surface area contributed by atoms with Crippen LogP contribution in [0.2, 0.25) is 0 Å². The number of anilines is 1. The molecule has 0 aromatic heterocycles. The topological polar surface area (TPSA) is 58.2 Å². The molecular weight excluding hydrogens is 284 g/mol. The van der Waals surface area contributed by atoms with E-state index in [1.807, 2.05) is 12.1 Å². The van der Waals surface area contributed by atoms with Crippen molar-refractivity contribution in [1.82, 2.24) is 4.72 Å². The van der Waals surface area contributed by atoms with Crippen molar-refractivity contribution in [2.24, 2.45) is 0 Å². The van der Waals surface area contributed by atoms with Crippen molar-refractivity contribution in [2.75, 3.05) is 12.4 Å². The third-order valence-corrected chi connectivity index (χ3v) is 4.85. The Balaban J connectivity index is 2.08. The fourth-order valence-electron chi connectivity index (χ4n) is 2.14. The summed E-state index contributed by atoms with van der Waals surface area (Å²) in [5, 5.41) is 3.32. The zero-order chi connectivity index (χ0) is 15.3. The SMILES string of the molecule is CCc1ccccc1CNc1ccc(S(=O)(=O)NC)cc1. The average Bonchev–Trinajstić information content (AvgIpc) is 2.53. The highest BCUT2D eigenvalue weighted by molar-refractivity contribution is 7.89. The summed E-state index contributed by atoms with van der Waals surface area (Å²) in [6, 6.07) is 15.0. The lowest BCUT2D eigenvalue weighted by Gasteiger charge is -2.11. The van der Waals surface area contributed by atoms with Crippen molar-refractivity contribution in [3.63, 3.8) is 0 Å². The minimum atomic E-state index is -3.37. The molecule has 2 N–H and O–H groups in total. The van der Waals surface area contributed by atoms with E-state index in [0.717, 1.165) is 18.7 Å². The van der Waals surface area contributed by atoms with Crippen molar-refractivity contribution in [1.29, 1.82) is 0 Å². The summed E-state index contributed by atoms with van der Waals surface area (Å²) in [5.74, 6) is 0. The second-order valence-electron chi connectivity index (χ2n) is 4.71. The van der Waals surface area contributed by atoms with Gasteiger partial charge in [0, 0.05) is 12.2 Å². The molecule has 4 nitrogen and oxygen atoms in total. The quantitative estimate of drug-likeness (QED) is 0.863. The summed E-state index contributed by atoms with van der Waals surface area (Å²) in [6.07, 6.45) is 0.997. The monoisotopic (exact) mass is 304 g/mol. The Morgan fingerprint density at radius 1 is 0.952 bits per heavy atom. The highest BCUT2D eigenvalue weighted by atomic mass is 32.2. The zero-order valence-electron chi connectivity index (χ0n) is 12.3. The van der Waals surface area contributed by atoms with Gasteiger partial charge in [-0.1, -0.05) is 31.2 Å². The second-order valence-corrected chi connectivity index (χ2v) is 6.59. The van der Waals surface area contributed by atoms with Crippen molar-refractivity contribution < 1.29 is 8.42 Å². The van der Waals surface area contributed by atoms with Crippen LogP contribution in [-0.4, -0.2) is 15.5 Å². The summed E-state index contributed by atoms with van der Waals surface area (Å²) in [4.78, 5) is 0.268. The summed E-state index contributed by atoms with van der Waals surface area (Å²) < 4.78 is 25.6. The van der Waals surface area contributed by atoms with E-state index in [2.05, 4.69) is 29.1 Å². The summed E-state index contributed by atoms with van der Waals surface area (Å²) >= 11 is 0. The first kappa shape index (κ1) is 15.5. The van der Waals surface area contributed by atoms with Crippen LogP contribution in [0, 0.1) is 0 Å². The maximum Gasteiger partial charge on any atom is 0.240 e. The molecule has 2 rings (SSSR count). The van der Waals surface area contributed by atoms with Crippen molar-refractivity contribution >= 4 is 15.7 Å². The molecule has 0 fully saturated rings. The highest BCUT2D eigenvalue weighted by Crippen LogP contribution is 2.16. The number of benzene rings is 2. The first-order chi connectivity index (χ1) is 10.1. The summed E-state index contributed by atoms with van der Waals surface area (Å²) in [6.45, 7) is 2.86. The van der Waals surface area contributed by atoms with Crippen LogP contribution < -0.4 is 10.0 Å². The van der Waals surface area contributed by atoms with Crippen LogP contribution in [0.3, 0.4) is 0 Å². The van der Waals surface area contributed by atoms with Gasteiger partial charge in [0.1, 0.15) is 0 Å². The first-order valence-electron chi connectivity index (χ1n) is 6.91. The fraction of sp³-hybridized carbons (Fsp3) is 0.250. The highest BCUT2D eigenvalue weighted by Gasteiger charge is 2.10. The Bertz CT molecular complexity index is 694. The lowest BCUT2D eigenvalue weighted by Crippen LogP contribution is -2.18. The van der Waals surface area contributed by atoms with E-state index in [9.17, 15) is 8.42 Å². The lowest BCUT2D eigenvalue weighted by atomic mass is 10.1. The van der Waals surface area contributed by atoms with Crippen LogP contribution in [0.1, 0.15) is 18.1 Å². The van der Waals surface area contributed by atoms with Gasteiger partial charge in [-0.3, -0.25) is 0 Å². The molecule has 21 heavy (non-hydrogen) atoms. The van der Waals surface area contributed by atoms with Crippen LogP contribution in [-0.2, 0) is 23.0 Å². The Labute approximate surface area is 126 Å². The molecule has 0 aliphatic carbocycles. The number of sulfonamides is 1. The van der Waals surface area contributed by atoms with Crippen molar-refractivity contribution in [3.05, 3.63) is 59.7 Å². The van der Waals surface area contributed by atoms with Gasteiger partial charge in [0.2, 0.25) is 10.0 Å². The van der Waals surface area contributed by atoms with Crippen molar-refractivity contribution in [3.8, 4) is 0 Å². The van der Waals surface area contributed by atoms with Gasteiger partial charge >= 0.3 is 0 Å². The molecule has 0 radical (unpaired) electrons. The van der Waals surface area contributed by atoms with Gasteiger partial charge < -0.3 is 5.32 Å². The van der Waals surface area contributed by atoms with E-state index >= 15 is 0 Å². The second kappa shape index (κ2) is 6.74.